The average Bonchev–Trinajstić information content (AvgIpc) is 2.33. The van der Waals surface area contributed by atoms with E-state index in [2.05, 4.69) is 65.3 Å². The zero-order valence-corrected chi connectivity index (χ0v) is 15.0. The van der Waals surface area contributed by atoms with Crippen LogP contribution in [0.5, 0.6) is 0 Å². The van der Waals surface area contributed by atoms with E-state index in [1.165, 1.54) is 12.2 Å². The molecule has 0 bridgehead atoms. The quantitative estimate of drug-likeness (QED) is 0.710. The molecular formula is C18H32N2O2. The highest BCUT2D eigenvalue weighted by molar-refractivity contribution is 5.88. The molecule has 126 valence electrons. The van der Waals surface area contributed by atoms with Crippen molar-refractivity contribution in [3.63, 3.8) is 0 Å². The highest BCUT2D eigenvalue weighted by Gasteiger charge is 2.31. The molecule has 0 saturated heterocycles. The van der Waals surface area contributed by atoms with Crippen molar-refractivity contribution in [1.82, 2.24) is 10.6 Å². The van der Waals surface area contributed by atoms with Crippen LogP contribution in [0, 0.1) is 10.8 Å². The average molecular weight is 308 g/mol. The first-order valence-electron chi connectivity index (χ1n) is 7.74. The van der Waals surface area contributed by atoms with Gasteiger partial charge in [0.2, 0.25) is 11.8 Å². The molecule has 2 amide bonds. The van der Waals surface area contributed by atoms with Gasteiger partial charge in [-0.1, -0.05) is 54.7 Å². The Labute approximate surface area is 135 Å². The lowest BCUT2D eigenvalue weighted by Gasteiger charge is -2.36. The first kappa shape index (κ1) is 20.4. The van der Waals surface area contributed by atoms with Crippen LogP contribution in [-0.4, -0.2) is 23.9 Å². The molecule has 0 aromatic rings. The van der Waals surface area contributed by atoms with E-state index >= 15 is 0 Å². The molecule has 4 nitrogen and oxygen atoms in total. The third-order valence-corrected chi connectivity index (χ3v) is 3.18. The molecule has 0 aliphatic heterocycles. The van der Waals surface area contributed by atoms with Crippen LogP contribution in [0.1, 0.15) is 54.4 Å². The lowest BCUT2D eigenvalue weighted by molar-refractivity contribution is -0.120. The fourth-order valence-corrected chi connectivity index (χ4v) is 2.39. The second kappa shape index (κ2) is 8.16. The number of amides is 2. The van der Waals surface area contributed by atoms with Crippen LogP contribution >= 0.6 is 0 Å². The lowest BCUT2D eigenvalue weighted by Crippen LogP contribution is -2.53. The van der Waals surface area contributed by atoms with Crippen LogP contribution < -0.4 is 10.6 Å². The SMILES string of the molecule is C=CC(=O)NC(CC(C)(C)C)C(CC(C)(C)C)NC(=O)C=C. The predicted octanol–water partition coefficient (Wildman–Crippen LogP) is 3.20. The Hall–Kier alpha value is -1.58. The number of carbonyl (C=O) groups is 2. The van der Waals surface area contributed by atoms with Gasteiger partial charge in [-0.2, -0.15) is 0 Å². The zero-order chi connectivity index (χ0) is 17.6. The second-order valence-electron chi connectivity index (χ2n) is 8.17. The van der Waals surface area contributed by atoms with Gasteiger partial charge in [0.05, 0.1) is 0 Å². The minimum atomic E-state index is -0.221. The normalized spacial score (nSPS) is 14.6. The van der Waals surface area contributed by atoms with Crippen molar-refractivity contribution >= 4 is 11.8 Å². The largest absolute Gasteiger partial charge is 0.348 e. The van der Waals surface area contributed by atoms with Gasteiger partial charge in [0.25, 0.3) is 0 Å². The Balaban J connectivity index is 5.37. The second-order valence-corrected chi connectivity index (χ2v) is 8.17. The maximum Gasteiger partial charge on any atom is 0.243 e. The summed E-state index contributed by atoms with van der Waals surface area (Å²) in [5.41, 5.74) is 0.0440. The first-order chi connectivity index (χ1) is 9.88. The van der Waals surface area contributed by atoms with Crippen LogP contribution in [0.3, 0.4) is 0 Å². The summed E-state index contributed by atoms with van der Waals surface area (Å²) in [6, 6.07) is -0.317. The van der Waals surface area contributed by atoms with Crippen LogP contribution in [0.4, 0.5) is 0 Å². The fraction of sp³-hybridized carbons (Fsp3) is 0.667. The molecule has 0 radical (unpaired) electrons. The zero-order valence-electron chi connectivity index (χ0n) is 15.0. The summed E-state index contributed by atoms with van der Waals surface area (Å²) in [5.74, 6) is -0.443. The molecular weight excluding hydrogens is 276 g/mol. The molecule has 4 heteroatoms. The summed E-state index contributed by atoms with van der Waals surface area (Å²) in [4.78, 5) is 23.5. The molecule has 0 saturated carbocycles. The van der Waals surface area contributed by atoms with Gasteiger partial charge in [-0.15, -0.1) is 0 Å². The molecule has 2 atom stereocenters. The van der Waals surface area contributed by atoms with Crippen molar-refractivity contribution in [3.8, 4) is 0 Å². The maximum atomic E-state index is 11.8. The van der Waals surface area contributed by atoms with Gasteiger partial charge in [0.15, 0.2) is 0 Å². The summed E-state index contributed by atoms with van der Waals surface area (Å²) < 4.78 is 0. The van der Waals surface area contributed by atoms with Gasteiger partial charge in [0, 0.05) is 12.1 Å². The van der Waals surface area contributed by atoms with Crippen molar-refractivity contribution in [2.75, 3.05) is 0 Å². The summed E-state index contributed by atoms with van der Waals surface area (Å²) in [7, 11) is 0. The van der Waals surface area contributed by atoms with Crippen LogP contribution in [0.25, 0.3) is 0 Å². The standard InChI is InChI=1S/C18H32N2O2/c1-9-15(21)19-13(11-17(3,4)5)14(12-18(6,7)8)20-16(22)10-2/h9-10,13-14H,1-2,11-12H2,3-8H3,(H,19,21)(H,20,22). The molecule has 0 aromatic carbocycles. The Kier molecular flexibility index (Phi) is 7.57. The van der Waals surface area contributed by atoms with Crippen molar-refractivity contribution in [2.45, 2.75) is 66.5 Å². The predicted molar refractivity (Wildman–Crippen MR) is 92.4 cm³/mol. The fourth-order valence-electron chi connectivity index (χ4n) is 2.39. The van der Waals surface area contributed by atoms with E-state index in [9.17, 15) is 9.59 Å². The minimum absolute atomic E-state index is 0.0220. The van der Waals surface area contributed by atoms with Gasteiger partial charge in [-0.05, 0) is 35.8 Å². The molecule has 0 spiro atoms. The molecule has 0 aromatic heterocycles. The smallest absolute Gasteiger partial charge is 0.243 e. The van der Waals surface area contributed by atoms with E-state index in [1.807, 2.05) is 0 Å². The molecule has 0 aliphatic carbocycles. The van der Waals surface area contributed by atoms with E-state index < -0.39 is 0 Å². The Morgan fingerprint density at radius 2 is 1.09 bits per heavy atom. The minimum Gasteiger partial charge on any atom is -0.348 e. The van der Waals surface area contributed by atoms with Gasteiger partial charge < -0.3 is 10.6 Å². The third kappa shape index (κ3) is 9.37. The Morgan fingerprint density at radius 3 is 1.27 bits per heavy atom. The number of carbonyl (C=O) groups excluding carboxylic acids is 2. The van der Waals surface area contributed by atoms with Crippen molar-refractivity contribution in [1.29, 1.82) is 0 Å². The highest BCUT2D eigenvalue weighted by atomic mass is 16.2. The van der Waals surface area contributed by atoms with E-state index in [-0.39, 0.29) is 34.7 Å². The summed E-state index contributed by atoms with van der Waals surface area (Å²) in [5, 5.41) is 5.94. The Morgan fingerprint density at radius 1 is 0.818 bits per heavy atom. The molecule has 0 aliphatic rings. The number of nitrogens with one attached hydrogen (secondary N) is 2. The monoisotopic (exact) mass is 308 g/mol. The van der Waals surface area contributed by atoms with Gasteiger partial charge in [-0.3, -0.25) is 9.59 Å². The summed E-state index contributed by atoms with van der Waals surface area (Å²) >= 11 is 0. The molecule has 2 N–H and O–H groups in total. The third-order valence-electron chi connectivity index (χ3n) is 3.18. The van der Waals surface area contributed by atoms with Crippen molar-refractivity contribution < 1.29 is 9.59 Å². The van der Waals surface area contributed by atoms with Crippen LogP contribution in [0.2, 0.25) is 0 Å². The maximum absolute atomic E-state index is 11.8. The summed E-state index contributed by atoms with van der Waals surface area (Å²) in [6.45, 7) is 19.7. The van der Waals surface area contributed by atoms with Crippen LogP contribution in [-0.2, 0) is 9.59 Å². The first-order valence-corrected chi connectivity index (χ1v) is 7.74. The Bertz CT molecular complexity index is 374. The number of hydrogen-bond acceptors (Lipinski definition) is 2. The van der Waals surface area contributed by atoms with Gasteiger partial charge in [-0.25, -0.2) is 0 Å². The topological polar surface area (TPSA) is 58.2 Å². The molecule has 2 unspecified atom stereocenters. The van der Waals surface area contributed by atoms with E-state index in [4.69, 9.17) is 0 Å². The summed E-state index contributed by atoms with van der Waals surface area (Å²) in [6.07, 6.45) is 4.04. The van der Waals surface area contributed by atoms with Gasteiger partial charge in [0.1, 0.15) is 0 Å². The lowest BCUT2D eigenvalue weighted by atomic mass is 9.79. The van der Waals surface area contributed by atoms with Crippen LogP contribution in [0.15, 0.2) is 25.3 Å². The molecule has 22 heavy (non-hydrogen) atoms. The van der Waals surface area contributed by atoms with Crippen molar-refractivity contribution in [2.24, 2.45) is 10.8 Å². The number of rotatable bonds is 7. The van der Waals surface area contributed by atoms with E-state index in [0.29, 0.717) is 0 Å². The van der Waals surface area contributed by atoms with Crippen molar-refractivity contribution in [3.05, 3.63) is 25.3 Å². The molecule has 0 fully saturated rings. The van der Waals surface area contributed by atoms with E-state index in [1.54, 1.807) is 0 Å². The highest BCUT2D eigenvalue weighted by Crippen LogP contribution is 2.28. The molecule has 0 rings (SSSR count). The molecule has 0 heterocycles. The number of hydrogen-bond donors (Lipinski definition) is 2. The van der Waals surface area contributed by atoms with E-state index in [0.717, 1.165) is 12.8 Å². The van der Waals surface area contributed by atoms with Gasteiger partial charge >= 0.3 is 0 Å².